The average molecular weight is 275 g/mol. The highest BCUT2D eigenvalue weighted by Gasteiger charge is 2.23. The molecule has 96 valence electrons. The van der Waals surface area contributed by atoms with Crippen molar-refractivity contribution in [3.05, 3.63) is 28.6 Å². The normalized spacial score (nSPS) is 10.2. The van der Waals surface area contributed by atoms with E-state index in [1.165, 1.54) is 0 Å². The molecule has 0 fully saturated rings. The van der Waals surface area contributed by atoms with E-state index >= 15 is 0 Å². The number of esters is 1. The molecule has 0 amide bonds. The lowest BCUT2D eigenvalue weighted by molar-refractivity contribution is 0.0507. The van der Waals surface area contributed by atoms with E-state index in [0.717, 1.165) is 6.07 Å². The van der Waals surface area contributed by atoms with Crippen LogP contribution in [0.4, 0.5) is 8.78 Å². The highest BCUT2D eigenvalue weighted by molar-refractivity contribution is 6.17. The number of halogens is 3. The van der Waals surface area contributed by atoms with Gasteiger partial charge < -0.3 is 4.74 Å². The molecule has 0 aliphatic rings. The Morgan fingerprint density at radius 1 is 1.67 bits per heavy atom. The van der Waals surface area contributed by atoms with Crippen molar-refractivity contribution < 1.29 is 18.3 Å². The maximum Gasteiger partial charge on any atom is 0.357 e. The molecule has 1 aromatic rings. The largest absolute Gasteiger partial charge is 0.461 e. The Labute approximate surface area is 107 Å². The van der Waals surface area contributed by atoms with E-state index < -0.39 is 23.7 Å². The van der Waals surface area contributed by atoms with Crippen molar-refractivity contribution in [3.63, 3.8) is 0 Å². The lowest BCUT2D eigenvalue weighted by atomic mass is 10.1. The van der Waals surface area contributed by atoms with Crippen LogP contribution in [0.1, 0.15) is 40.7 Å². The Morgan fingerprint density at radius 3 is 2.78 bits per heavy atom. The van der Waals surface area contributed by atoms with Gasteiger partial charge in [-0.1, -0.05) is 0 Å². The van der Waals surface area contributed by atoms with Crippen LogP contribution in [0.15, 0.2) is 6.07 Å². The van der Waals surface area contributed by atoms with Crippen LogP contribution in [0.25, 0.3) is 0 Å². The predicted octanol–water partition coefficient (Wildman–Crippen LogP) is 2.81. The summed E-state index contributed by atoms with van der Waals surface area (Å²) in [5.74, 6) is -1.11. The maximum absolute atomic E-state index is 12.8. The van der Waals surface area contributed by atoms with Crippen molar-refractivity contribution in [1.29, 1.82) is 5.26 Å². The second kappa shape index (κ2) is 6.26. The Balaban J connectivity index is 3.39. The lowest BCUT2D eigenvalue weighted by Crippen LogP contribution is -2.13. The summed E-state index contributed by atoms with van der Waals surface area (Å²) in [6.45, 7) is 1.59. The van der Waals surface area contributed by atoms with E-state index in [-0.39, 0.29) is 23.7 Å². The monoisotopic (exact) mass is 274 g/mol. The number of nitrogens with zero attached hydrogens (tertiary/aromatic N) is 2. The summed E-state index contributed by atoms with van der Waals surface area (Å²) >= 11 is 5.54. The minimum absolute atomic E-state index is 0.0411. The summed E-state index contributed by atoms with van der Waals surface area (Å²) in [4.78, 5) is 15.2. The van der Waals surface area contributed by atoms with Gasteiger partial charge in [0.25, 0.3) is 6.43 Å². The molecule has 1 heterocycles. The van der Waals surface area contributed by atoms with Gasteiger partial charge in [0.2, 0.25) is 0 Å². The number of alkyl halides is 3. The van der Waals surface area contributed by atoms with E-state index in [9.17, 15) is 13.6 Å². The summed E-state index contributed by atoms with van der Waals surface area (Å²) in [6.07, 6.45) is -2.92. The number of ether oxygens (including phenoxy) is 1. The second-order valence-corrected chi connectivity index (χ2v) is 3.45. The first-order chi connectivity index (χ1) is 8.54. The smallest absolute Gasteiger partial charge is 0.357 e. The SMILES string of the molecule is CCOC(=O)c1nc(CCl)c(C#N)cc1C(F)F. The molecular weight excluding hydrogens is 266 g/mol. The van der Waals surface area contributed by atoms with Crippen LogP contribution in [-0.4, -0.2) is 17.6 Å². The van der Waals surface area contributed by atoms with Gasteiger partial charge in [-0.2, -0.15) is 5.26 Å². The fourth-order valence-electron chi connectivity index (χ4n) is 1.29. The van der Waals surface area contributed by atoms with Crippen molar-refractivity contribution in [2.75, 3.05) is 6.61 Å². The van der Waals surface area contributed by atoms with E-state index in [1.807, 2.05) is 0 Å². The molecule has 0 aromatic carbocycles. The molecule has 0 bridgehead atoms. The van der Waals surface area contributed by atoms with E-state index in [1.54, 1.807) is 13.0 Å². The molecule has 7 heteroatoms. The molecule has 0 aliphatic heterocycles. The number of rotatable bonds is 4. The first-order valence-corrected chi connectivity index (χ1v) is 5.53. The average Bonchev–Trinajstić information content (AvgIpc) is 2.37. The van der Waals surface area contributed by atoms with Crippen LogP contribution in [0.2, 0.25) is 0 Å². The third kappa shape index (κ3) is 2.93. The fourth-order valence-corrected chi connectivity index (χ4v) is 1.50. The third-order valence-corrected chi connectivity index (χ3v) is 2.34. The standard InChI is InChI=1S/C11H9ClF2N2O2/c1-2-18-11(17)9-7(10(13)14)3-6(5-15)8(4-12)16-9/h3,10H,2,4H2,1H3. The van der Waals surface area contributed by atoms with E-state index in [2.05, 4.69) is 9.72 Å². The number of nitriles is 1. The van der Waals surface area contributed by atoms with Crippen LogP contribution in [-0.2, 0) is 10.6 Å². The maximum atomic E-state index is 12.8. The Kier molecular flexibility index (Phi) is 4.98. The number of carbonyl (C=O) groups excluding carboxylic acids is 1. The van der Waals surface area contributed by atoms with Crippen molar-refractivity contribution in [2.45, 2.75) is 19.2 Å². The molecular formula is C11H9ClF2N2O2. The molecule has 0 aliphatic carbocycles. The van der Waals surface area contributed by atoms with Crippen LogP contribution in [0.5, 0.6) is 0 Å². The quantitative estimate of drug-likeness (QED) is 0.625. The first-order valence-electron chi connectivity index (χ1n) is 5.00. The summed E-state index contributed by atoms with van der Waals surface area (Å²) in [5, 5.41) is 8.78. The minimum atomic E-state index is -2.92. The third-order valence-electron chi connectivity index (χ3n) is 2.08. The van der Waals surface area contributed by atoms with Gasteiger partial charge in [-0.05, 0) is 13.0 Å². The van der Waals surface area contributed by atoms with Gasteiger partial charge in [-0.3, -0.25) is 0 Å². The topological polar surface area (TPSA) is 63.0 Å². The van der Waals surface area contributed by atoms with Crippen molar-refractivity contribution in [2.24, 2.45) is 0 Å². The molecule has 0 atom stereocenters. The van der Waals surface area contributed by atoms with Gasteiger partial charge in [0.05, 0.1) is 29.3 Å². The number of pyridine rings is 1. The Morgan fingerprint density at radius 2 is 2.33 bits per heavy atom. The number of aromatic nitrogens is 1. The number of carbonyl (C=O) groups is 1. The predicted molar refractivity (Wildman–Crippen MR) is 59.4 cm³/mol. The molecule has 0 spiro atoms. The Bertz CT molecular complexity index is 501. The van der Waals surface area contributed by atoms with Crippen LogP contribution < -0.4 is 0 Å². The van der Waals surface area contributed by atoms with Gasteiger partial charge in [0.15, 0.2) is 5.69 Å². The highest BCUT2D eigenvalue weighted by atomic mass is 35.5. The summed E-state index contributed by atoms with van der Waals surface area (Å²) < 4.78 is 30.2. The molecule has 0 N–H and O–H groups in total. The van der Waals surface area contributed by atoms with Gasteiger partial charge >= 0.3 is 5.97 Å². The molecule has 0 saturated heterocycles. The van der Waals surface area contributed by atoms with Gasteiger partial charge in [-0.15, -0.1) is 11.6 Å². The highest BCUT2D eigenvalue weighted by Crippen LogP contribution is 2.25. The molecule has 0 radical (unpaired) electrons. The van der Waals surface area contributed by atoms with Crippen molar-refractivity contribution in [1.82, 2.24) is 4.98 Å². The fraction of sp³-hybridized carbons (Fsp3) is 0.364. The molecule has 4 nitrogen and oxygen atoms in total. The van der Waals surface area contributed by atoms with Gasteiger partial charge in [-0.25, -0.2) is 18.6 Å². The van der Waals surface area contributed by atoms with Gasteiger partial charge in [0, 0.05) is 0 Å². The van der Waals surface area contributed by atoms with Gasteiger partial charge in [0.1, 0.15) is 6.07 Å². The molecule has 1 rings (SSSR count). The Hall–Kier alpha value is -1.74. The first kappa shape index (κ1) is 14.3. The van der Waals surface area contributed by atoms with Crippen molar-refractivity contribution >= 4 is 17.6 Å². The second-order valence-electron chi connectivity index (χ2n) is 3.19. The number of hydrogen-bond donors (Lipinski definition) is 0. The van der Waals surface area contributed by atoms with Crippen molar-refractivity contribution in [3.8, 4) is 6.07 Å². The van der Waals surface area contributed by atoms with E-state index in [0.29, 0.717) is 0 Å². The zero-order chi connectivity index (χ0) is 13.7. The summed E-state index contributed by atoms with van der Waals surface area (Å²) in [6, 6.07) is 2.63. The van der Waals surface area contributed by atoms with Crippen LogP contribution in [0, 0.1) is 11.3 Å². The zero-order valence-electron chi connectivity index (χ0n) is 9.41. The molecule has 0 unspecified atom stereocenters. The number of hydrogen-bond acceptors (Lipinski definition) is 4. The molecule has 18 heavy (non-hydrogen) atoms. The summed E-state index contributed by atoms with van der Waals surface area (Å²) in [5.41, 5.74) is -1.12. The summed E-state index contributed by atoms with van der Waals surface area (Å²) in [7, 11) is 0. The van der Waals surface area contributed by atoms with Crippen LogP contribution in [0.3, 0.4) is 0 Å². The zero-order valence-corrected chi connectivity index (χ0v) is 10.2. The van der Waals surface area contributed by atoms with Crippen LogP contribution >= 0.6 is 11.6 Å². The lowest BCUT2D eigenvalue weighted by Gasteiger charge is -2.10. The molecule has 1 aromatic heterocycles. The minimum Gasteiger partial charge on any atom is -0.461 e. The molecule has 0 saturated carbocycles. The van der Waals surface area contributed by atoms with E-state index in [4.69, 9.17) is 16.9 Å².